The Morgan fingerprint density at radius 2 is 1.96 bits per heavy atom. The first-order valence-corrected chi connectivity index (χ1v) is 10.5. The van der Waals surface area contributed by atoms with Crippen LogP contribution in [0.5, 0.6) is 0 Å². The lowest BCUT2D eigenvalue weighted by atomic mass is 10.1. The van der Waals surface area contributed by atoms with Gasteiger partial charge in [0.2, 0.25) is 11.0 Å². The number of hydrogen-bond donors (Lipinski definition) is 2. The number of nitrogens with one attached hydrogen (secondary N) is 2. The van der Waals surface area contributed by atoms with Crippen LogP contribution in [0, 0.1) is 13.8 Å². The molecule has 0 aliphatic heterocycles. The number of halogens is 1. The lowest BCUT2D eigenvalue weighted by molar-refractivity contribution is -0.118. The number of anilines is 2. The lowest BCUT2D eigenvalue weighted by Gasteiger charge is -2.08. The summed E-state index contributed by atoms with van der Waals surface area (Å²) in [5.41, 5.74) is 4.31. The van der Waals surface area contributed by atoms with Gasteiger partial charge in [-0.15, -0.1) is 10.2 Å². The molecule has 1 aromatic heterocycles. The molecule has 1 heterocycles. The van der Waals surface area contributed by atoms with E-state index in [0.717, 1.165) is 15.6 Å². The average molecular weight is 419 g/mol. The predicted octanol–water partition coefficient (Wildman–Crippen LogP) is 4.96. The Kier molecular flexibility index (Phi) is 6.71. The van der Waals surface area contributed by atoms with E-state index in [1.807, 2.05) is 36.4 Å². The predicted molar refractivity (Wildman–Crippen MR) is 113 cm³/mol. The standard InChI is InChI=1S/C19H19ClN4OS2/c1-12-6-5-9-16(13(12)2)22-18-23-24-19(27-18)26-11-17(25)21-10-14-7-3-4-8-15(14)20/h3-9H,10-11H2,1-2H3,(H,21,25)(H,22,23). The van der Waals surface area contributed by atoms with Crippen LogP contribution in [0.15, 0.2) is 46.8 Å². The number of carbonyl (C=O) groups excluding carboxylic acids is 1. The molecule has 140 valence electrons. The Morgan fingerprint density at radius 3 is 2.78 bits per heavy atom. The van der Waals surface area contributed by atoms with Crippen LogP contribution in [0.2, 0.25) is 5.02 Å². The van der Waals surface area contributed by atoms with Gasteiger partial charge in [0.25, 0.3) is 0 Å². The molecule has 27 heavy (non-hydrogen) atoms. The van der Waals surface area contributed by atoms with Gasteiger partial charge in [-0.2, -0.15) is 0 Å². The highest BCUT2D eigenvalue weighted by atomic mass is 35.5. The minimum atomic E-state index is -0.0702. The van der Waals surface area contributed by atoms with Crippen molar-refractivity contribution in [2.24, 2.45) is 0 Å². The molecule has 0 saturated carbocycles. The molecular formula is C19H19ClN4OS2. The molecule has 0 atom stereocenters. The molecule has 0 spiro atoms. The van der Waals surface area contributed by atoms with Crippen LogP contribution in [-0.2, 0) is 11.3 Å². The number of thioether (sulfide) groups is 1. The van der Waals surface area contributed by atoms with Crippen LogP contribution in [0.1, 0.15) is 16.7 Å². The van der Waals surface area contributed by atoms with Crippen molar-refractivity contribution < 1.29 is 4.79 Å². The minimum Gasteiger partial charge on any atom is -0.351 e. The van der Waals surface area contributed by atoms with E-state index >= 15 is 0 Å². The maximum absolute atomic E-state index is 12.0. The summed E-state index contributed by atoms with van der Waals surface area (Å²) in [6.07, 6.45) is 0. The second-order valence-electron chi connectivity index (χ2n) is 5.90. The van der Waals surface area contributed by atoms with Crippen molar-refractivity contribution in [2.75, 3.05) is 11.1 Å². The molecule has 0 bridgehead atoms. The van der Waals surface area contributed by atoms with E-state index in [4.69, 9.17) is 11.6 Å². The third-order valence-corrected chi connectivity index (χ3v) is 6.35. The van der Waals surface area contributed by atoms with Gasteiger partial charge >= 0.3 is 0 Å². The van der Waals surface area contributed by atoms with Gasteiger partial charge in [0, 0.05) is 17.3 Å². The molecule has 0 unspecified atom stereocenters. The second kappa shape index (κ2) is 9.21. The smallest absolute Gasteiger partial charge is 0.230 e. The maximum atomic E-state index is 12.0. The fourth-order valence-corrected chi connectivity index (χ4v) is 4.13. The van der Waals surface area contributed by atoms with Gasteiger partial charge in [-0.3, -0.25) is 4.79 Å². The van der Waals surface area contributed by atoms with Crippen molar-refractivity contribution in [1.29, 1.82) is 0 Å². The third-order valence-electron chi connectivity index (χ3n) is 4.01. The summed E-state index contributed by atoms with van der Waals surface area (Å²) < 4.78 is 0.746. The summed E-state index contributed by atoms with van der Waals surface area (Å²) >= 11 is 8.89. The maximum Gasteiger partial charge on any atom is 0.230 e. The van der Waals surface area contributed by atoms with Crippen molar-refractivity contribution >= 4 is 51.4 Å². The van der Waals surface area contributed by atoms with E-state index in [0.29, 0.717) is 16.7 Å². The number of aromatic nitrogens is 2. The van der Waals surface area contributed by atoms with Crippen LogP contribution in [-0.4, -0.2) is 21.9 Å². The number of nitrogens with zero attached hydrogens (tertiary/aromatic N) is 2. The SMILES string of the molecule is Cc1cccc(Nc2nnc(SCC(=O)NCc3ccccc3Cl)s2)c1C. The zero-order valence-corrected chi connectivity index (χ0v) is 17.3. The van der Waals surface area contributed by atoms with Crippen molar-refractivity contribution in [3.05, 3.63) is 64.2 Å². The van der Waals surface area contributed by atoms with Crippen LogP contribution in [0.4, 0.5) is 10.8 Å². The van der Waals surface area contributed by atoms with Crippen molar-refractivity contribution in [1.82, 2.24) is 15.5 Å². The molecule has 8 heteroatoms. The van der Waals surface area contributed by atoms with Crippen LogP contribution >= 0.6 is 34.7 Å². The van der Waals surface area contributed by atoms with Crippen molar-refractivity contribution in [3.8, 4) is 0 Å². The van der Waals surface area contributed by atoms with Gasteiger partial charge in [-0.1, -0.05) is 65.0 Å². The Balaban J connectivity index is 1.50. The fourth-order valence-electron chi connectivity index (χ4n) is 2.33. The summed E-state index contributed by atoms with van der Waals surface area (Å²) in [7, 11) is 0. The topological polar surface area (TPSA) is 66.9 Å². The molecule has 2 aromatic carbocycles. The summed E-state index contributed by atoms with van der Waals surface area (Å²) in [6.45, 7) is 4.55. The second-order valence-corrected chi connectivity index (χ2v) is 8.51. The first-order chi connectivity index (χ1) is 13.0. The zero-order valence-electron chi connectivity index (χ0n) is 15.0. The Labute approximate surface area is 171 Å². The van der Waals surface area contributed by atoms with Gasteiger partial charge in [0.15, 0.2) is 4.34 Å². The highest BCUT2D eigenvalue weighted by Crippen LogP contribution is 2.29. The zero-order chi connectivity index (χ0) is 19.2. The quantitative estimate of drug-likeness (QED) is 0.531. The third kappa shape index (κ3) is 5.45. The molecule has 0 fully saturated rings. The van der Waals surface area contributed by atoms with Gasteiger partial charge in [0.05, 0.1) is 5.75 Å². The van der Waals surface area contributed by atoms with E-state index in [2.05, 4.69) is 40.7 Å². The van der Waals surface area contributed by atoms with E-state index in [1.165, 1.54) is 34.2 Å². The molecule has 3 rings (SSSR count). The average Bonchev–Trinajstić information content (AvgIpc) is 3.10. The monoisotopic (exact) mass is 418 g/mol. The number of rotatable bonds is 7. The Morgan fingerprint density at radius 1 is 1.15 bits per heavy atom. The number of aryl methyl sites for hydroxylation is 1. The summed E-state index contributed by atoms with van der Waals surface area (Å²) in [5.74, 6) is 0.210. The van der Waals surface area contributed by atoms with Gasteiger partial charge in [0.1, 0.15) is 0 Å². The summed E-state index contributed by atoms with van der Waals surface area (Å²) in [6, 6.07) is 13.6. The van der Waals surface area contributed by atoms with Crippen LogP contribution in [0.25, 0.3) is 0 Å². The molecular weight excluding hydrogens is 400 g/mol. The van der Waals surface area contributed by atoms with Crippen LogP contribution < -0.4 is 10.6 Å². The molecule has 1 amide bonds. The highest BCUT2D eigenvalue weighted by molar-refractivity contribution is 8.01. The van der Waals surface area contributed by atoms with Crippen molar-refractivity contribution in [2.45, 2.75) is 24.7 Å². The number of carbonyl (C=O) groups is 1. The van der Waals surface area contributed by atoms with E-state index in [9.17, 15) is 4.79 Å². The molecule has 0 radical (unpaired) electrons. The number of benzene rings is 2. The van der Waals surface area contributed by atoms with Gasteiger partial charge in [-0.25, -0.2) is 0 Å². The Hall–Kier alpha value is -2.09. The normalized spacial score (nSPS) is 10.6. The molecule has 0 saturated heterocycles. The molecule has 5 nitrogen and oxygen atoms in total. The highest BCUT2D eigenvalue weighted by Gasteiger charge is 2.10. The lowest BCUT2D eigenvalue weighted by Crippen LogP contribution is -2.24. The largest absolute Gasteiger partial charge is 0.351 e. The Bertz CT molecular complexity index is 945. The fraction of sp³-hybridized carbons (Fsp3) is 0.211. The van der Waals surface area contributed by atoms with E-state index in [-0.39, 0.29) is 11.7 Å². The van der Waals surface area contributed by atoms with E-state index < -0.39 is 0 Å². The number of hydrogen-bond acceptors (Lipinski definition) is 6. The molecule has 0 aliphatic rings. The molecule has 2 N–H and O–H groups in total. The summed E-state index contributed by atoms with van der Waals surface area (Å²) in [4.78, 5) is 12.0. The molecule has 3 aromatic rings. The van der Waals surface area contributed by atoms with E-state index in [1.54, 1.807) is 0 Å². The molecule has 0 aliphatic carbocycles. The van der Waals surface area contributed by atoms with Crippen LogP contribution in [0.3, 0.4) is 0 Å². The van der Waals surface area contributed by atoms with Gasteiger partial charge in [-0.05, 0) is 42.7 Å². The first-order valence-electron chi connectivity index (χ1n) is 8.32. The van der Waals surface area contributed by atoms with Crippen molar-refractivity contribution in [3.63, 3.8) is 0 Å². The minimum absolute atomic E-state index is 0.0702. The summed E-state index contributed by atoms with van der Waals surface area (Å²) in [5, 5.41) is 15.8. The first kappa shape index (κ1) is 19.7. The van der Waals surface area contributed by atoms with Gasteiger partial charge < -0.3 is 10.6 Å². The number of amides is 1.